The minimum atomic E-state index is -1.01. The second-order valence-electron chi connectivity index (χ2n) is 6.75. The maximum Gasteiger partial charge on any atom is 0.266 e. The predicted molar refractivity (Wildman–Crippen MR) is 108 cm³/mol. The first-order valence-electron chi connectivity index (χ1n) is 8.71. The molecule has 0 unspecified atom stereocenters. The number of nitrogens with zero attached hydrogens (tertiary/aromatic N) is 1. The molecule has 0 radical (unpaired) electrons. The summed E-state index contributed by atoms with van der Waals surface area (Å²) in [5.74, 6) is 0.537. The standard InChI is InChI=1S/C21H22ClNO3S/c1-21(2,26-18-7-5-17(22)6-8-18)20(24)23(14-16-10-12-25-15-16)11-9-19-4-3-13-27-19/h3-8,10,12-13,15H,9,11,14H2,1-2H3. The van der Waals surface area contributed by atoms with Gasteiger partial charge in [0.1, 0.15) is 5.75 Å². The van der Waals surface area contributed by atoms with E-state index in [2.05, 4.69) is 6.07 Å². The molecule has 0 saturated heterocycles. The summed E-state index contributed by atoms with van der Waals surface area (Å²) in [4.78, 5) is 16.3. The monoisotopic (exact) mass is 403 g/mol. The number of ether oxygens (including phenoxy) is 1. The van der Waals surface area contributed by atoms with Gasteiger partial charge in [0.15, 0.2) is 5.60 Å². The molecule has 3 aromatic rings. The van der Waals surface area contributed by atoms with E-state index in [0.29, 0.717) is 23.9 Å². The van der Waals surface area contributed by atoms with Crippen molar-refractivity contribution in [1.82, 2.24) is 4.90 Å². The Morgan fingerprint density at radius 1 is 1.22 bits per heavy atom. The number of carbonyl (C=O) groups is 1. The molecule has 3 rings (SSSR count). The highest BCUT2D eigenvalue weighted by molar-refractivity contribution is 7.09. The van der Waals surface area contributed by atoms with E-state index in [1.54, 1.807) is 62.0 Å². The molecule has 4 nitrogen and oxygen atoms in total. The zero-order chi connectivity index (χ0) is 19.3. The van der Waals surface area contributed by atoms with Crippen molar-refractivity contribution in [2.45, 2.75) is 32.4 Å². The van der Waals surface area contributed by atoms with Crippen molar-refractivity contribution < 1.29 is 13.9 Å². The first-order valence-corrected chi connectivity index (χ1v) is 9.97. The van der Waals surface area contributed by atoms with Crippen molar-refractivity contribution in [2.24, 2.45) is 0 Å². The lowest BCUT2D eigenvalue weighted by molar-refractivity contribution is -0.146. The van der Waals surface area contributed by atoms with E-state index in [4.69, 9.17) is 20.8 Å². The van der Waals surface area contributed by atoms with Gasteiger partial charge in [-0.25, -0.2) is 0 Å². The molecular formula is C21H22ClNO3S. The number of rotatable bonds is 8. The fourth-order valence-electron chi connectivity index (χ4n) is 2.78. The molecule has 1 amide bonds. The summed E-state index contributed by atoms with van der Waals surface area (Å²) >= 11 is 7.62. The largest absolute Gasteiger partial charge is 0.478 e. The Morgan fingerprint density at radius 3 is 2.63 bits per heavy atom. The third-order valence-corrected chi connectivity index (χ3v) is 5.34. The van der Waals surface area contributed by atoms with Crippen LogP contribution < -0.4 is 4.74 Å². The average Bonchev–Trinajstić information content (AvgIpc) is 3.33. The van der Waals surface area contributed by atoms with Gasteiger partial charge in [-0.2, -0.15) is 0 Å². The first kappa shape index (κ1) is 19.5. The molecule has 0 bridgehead atoms. The second kappa shape index (κ2) is 8.63. The zero-order valence-corrected chi connectivity index (χ0v) is 16.9. The van der Waals surface area contributed by atoms with Crippen LogP contribution >= 0.6 is 22.9 Å². The number of hydrogen-bond acceptors (Lipinski definition) is 4. The lowest BCUT2D eigenvalue weighted by Gasteiger charge is -2.32. The molecule has 0 atom stereocenters. The lowest BCUT2D eigenvalue weighted by Crippen LogP contribution is -2.49. The number of amides is 1. The fraction of sp³-hybridized carbons (Fsp3) is 0.286. The Kier molecular flexibility index (Phi) is 6.24. The summed E-state index contributed by atoms with van der Waals surface area (Å²) in [7, 11) is 0. The molecule has 6 heteroatoms. The van der Waals surface area contributed by atoms with E-state index in [9.17, 15) is 4.79 Å². The smallest absolute Gasteiger partial charge is 0.266 e. The zero-order valence-electron chi connectivity index (χ0n) is 15.4. The van der Waals surface area contributed by atoms with E-state index in [0.717, 1.165) is 12.0 Å². The lowest BCUT2D eigenvalue weighted by atomic mass is 10.1. The molecule has 0 aliphatic rings. The van der Waals surface area contributed by atoms with Crippen LogP contribution in [0.5, 0.6) is 5.75 Å². The van der Waals surface area contributed by atoms with Crippen LogP contribution in [0.1, 0.15) is 24.3 Å². The van der Waals surface area contributed by atoms with E-state index in [-0.39, 0.29) is 5.91 Å². The molecule has 0 fully saturated rings. The van der Waals surface area contributed by atoms with E-state index in [1.807, 2.05) is 22.4 Å². The van der Waals surface area contributed by atoms with Gasteiger partial charge in [-0.05, 0) is 62.0 Å². The second-order valence-corrected chi connectivity index (χ2v) is 8.22. The fourth-order valence-corrected chi connectivity index (χ4v) is 3.60. The maximum atomic E-state index is 13.3. The van der Waals surface area contributed by atoms with Gasteiger partial charge in [-0.3, -0.25) is 4.79 Å². The summed E-state index contributed by atoms with van der Waals surface area (Å²) < 4.78 is 11.1. The number of furan rings is 1. The van der Waals surface area contributed by atoms with Crippen molar-refractivity contribution in [3.05, 3.63) is 75.8 Å². The van der Waals surface area contributed by atoms with Gasteiger partial charge < -0.3 is 14.1 Å². The number of thiophene rings is 1. The van der Waals surface area contributed by atoms with Crippen molar-refractivity contribution in [2.75, 3.05) is 6.54 Å². The predicted octanol–water partition coefficient (Wildman–Crippen LogP) is 5.42. The summed E-state index contributed by atoms with van der Waals surface area (Å²) in [5.41, 5.74) is -0.0515. The van der Waals surface area contributed by atoms with Gasteiger partial charge in [0, 0.05) is 28.6 Å². The molecule has 2 heterocycles. The van der Waals surface area contributed by atoms with E-state index in [1.165, 1.54) is 4.88 Å². The molecule has 0 saturated carbocycles. The summed E-state index contributed by atoms with van der Waals surface area (Å²) in [5, 5.41) is 2.68. The molecule has 0 N–H and O–H groups in total. The van der Waals surface area contributed by atoms with Gasteiger partial charge >= 0.3 is 0 Å². The number of benzene rings is 1. The van der Waals surface area contributed by atoms with Gasteiger partial charge in [0.2, 0.25) is 0 Å². The maximum absolute atomic E-state index is 13.3. The van der Waals surface area contributed by atoms with Crippen molar-refractivity contribution in [3.8, 4) is 5.75 Å². The highest BCUT2D eigenvalue weighted by Gasteiger charge is 2.34. The van der Waals surface area contributed by atoms with Crippen LogP contribution in [0.4, 0.5) is 0 Å². The topological polar surface area (TPSA) is 42.7 Å². The van der Waals surface area contributed by atoms with Crippen LogP contribution in [0, 0.1) is 0 Å². The quantitative estimate of drug-likeness (QED) is 0.504. The Balaban J connectivity index is 1.73. The third kappa shape index (κ3) is 5.37. The molecule has 142 valence electrons. The third-order valence-electron chi connectivity index (χ3n) is 4.15. The number of halogens is 1. The number of carbonyl (C=O) groups excluding carboxylic acids is 1. The molecule has 0 aliphatic carbocycles. The first-order chi connectivity index (χ1) is 12.9. The molecule has 0 aliphatic heterocycles. The molecule has 0 spiro atoms. The van der Waals surface area contributed by atoms with Crippen LogP contribution in [0.25, 0.3) is 0 Å². The van der Waals surface area contributed by atoms with E-state index >= 15 is 0 Å². The minimum absolute atomic E-state index is 0.0739. The van der Waals surface area contributed by atoms with Crippen molar-refractivity contribution in [3.63, 3.8) is 0 Å². The molecular weight excluding hydrogens is 382 g/mol. The average molecular weight is 404 g/mol. The van der Waals surface area contributed by atoms with Gasteiger partial charge in [0.05, 0.1) is 12.5 Å². The molecule has 2 aromatic heterocycles. The Bertz CT molecular complexity index is 842. The number of hydrogen-bond donors (Lipinski definition) is 0. The van der Waals surface area contributed by atoms with Crippen LogP contribution in [0.15, 0.2) is 64.8 Å². The van der Waals surface area contributed by atoms with Crippen molar-refractivity contribution in [1.29, 1.82) is 0 Å². The van der Waals surface area contributed by atoms with Gasteiger partial charge in [-0.15, -0.1) is 11.3 Å². The van der Waals surface area contributed by atoms with Crippen LogP contribution in [0.2, 0.25) is 5.02 Å². The highest BCUT2D eigenvalue weighted by Crippen LogP contribution is 2.23. The van der Waals surface area contributed by atoms with E-state index < -0.39 is 5.60 Å². The Morgan fingerprint density at radius 2 is 2.00 bits per heavy atom. The van der Waals surface area contributed by atoms with Gasteiger partial charge in [0.25, 0.3) is 5.91 Å². The van der Waals surface area contributed by atoms with Crippen LogP contribution in [0.3, 0.4) is 0 Å². The minimum Gasteiger partial charge on any atom is -0.478 e. The van der Waals surface area contributed by atoms with Crippen LogP contribution in [-0.4, -0.2) is 23.0 Å². The van der Waals surface area contributed by atoms with Crippen LogP contribution in [-0.2, 0) is 17.8 Å². The molecule has 27 heavy (non-hydrogen) atoms. The summed E-state index contributed by atoms with van der Waals surface area (Å²) in [6, 6.07) is 13.0. The van der Waals surface area contributed by atoms with Gasteiger partial charge in [-0.1, -0.05) is 17.7 Å². The Hall–Kier alpha value is -2.24. The van der Waals surface area contributed by atoms with Crippen molar-refractivity contribution >= 4 is 28.8 Å². The summed E-state index contributed by atoms with van der Waals surface area (Å²) in [6.07, 6.45) is 4.09. The Labute approximate surface area is 168 Å². The SMILES string of the molecule is CC(C)(Oc1ccc(Cl)cc1)C(=O)N(CCc1cccs1)Cc1ccoc1. The summed E-state index contributed by atoms with van der Waals surface area (Å²) in [6.45, 7) is 4.67. The normalized spacial score (nSPS) is 11.4. The highest BCUT2D eigenvalue weighted by atomic mass is 35.5. The molecule has 1 aromatic carbocycles.